The van der Waals surface area contributed by atoms with Gasteiger partial charge in [-0.2, -0.15) is 0 Å². The fourth-order valence-electron chi connectivity index (χ4n) is 0. The minimum atomic E-state index is -5.17. The van der Waals surface area contributed by atoms with Crippen molar-refractivity contribution in [2.75, 3.05) is 0 Å². The van der Waals surface area contributed by atoms with Crippen molar-refractivity contribution < 1.29 is 507 Å². The first-order chi connectivity index (χ1) is 24.0. The molecule has 0 aliphatic carbocycles. The number of rotatable bonds is 0. The summed E-state index contributed by atoms with van der Waals surface area (Å²) in [6.45, 7) is 0. The fourth-order valence-corrected chi connectivity index (χ4v) is 0. The summed E-state index contributed by atoms with van der Waals surface area (Å²) in [5.74, 6) is 0. The first-order valence-electron chi connectivity index (χ1n) is 8.00. The molecule has 0 saturated heterocycles. The Balaban J connectivity index is -0.00000000858. The Hall–Kier alpha value is 6.22. The summed E-state index contributed by atoms with van der Waals surface area (Å²) in [4.78, 5) is 0. The van der Waals surface area contributed by atoms with Crippen LogP contribution in [0.25, 0.3) is 0 Å². The van der Waals surface area contributed by atoms with Crippen LogP contribution in [0.2, 0.25) is 0 Å². The summed E-state index contributed by atoms with van der Waals surface area (Å²) in [6, 6.07) is 0. The van der Waals surface area contributed by atoms with Gasteiger partial charge >= 0.3 is 0 Å². The number of hydrogen-bond donors (Lipinski definition) is 4. The second-order valence-electron chi connectivity index (χ2n) is 4.90. The van der Waals surface area contributed by atoms with Gasteiger partial charge < -0.3 is 178 Å². The van der Waals surface area contributed by atoms with Gasteiger partial charge in [0.15, 0.2) is 0 Å². The third kappa shape index (κ3) is 17300. The molecule has 0 aromatic heterocycles. The maximum absolute atomic E-state index is 8.52. The Morgan fingerprint density at radius 3 is 0.107 bits per heavy atom. The quantitative estimate of drug-likeness (QED) is 0.129. The Bertz CT molecular complexity index is 1760. The molecule has 0 amide bonds. The van der Waals surface area contributed by atoms with Crippen LogP contribution < -0.4 is 24.6 Å². The van der Waals surface area contributed by atoms with Gasteiger partial charge in [-0.05, 0) is 0 Å². The monoisotopic (exact) mass is 3690 g/mol. The van der Waals surface area contributed by atoms with Crippen LogP contribution in [0.5, 0.6) is 0 Å². The van der Waals surface area contributed by atoms with E-state index in [4.69, 9.17) is 210 Å². The van der Waals surface area contributed by atoms with E-state index in [1.165, 1.54) is 0 Å². The maximum atomic E-state index is 8.52. The van der Waals surface area contributed by atoms with E-state index in [1.807, 2.05) is 0 Å². The summed E-state index contributed by atoms with van der Waals surface area (Å²) >= 11 is 0. The van der Waals surface area contributed by atoms with Crippen LogP contribution in [0.4, 0.5) is 0 Å². The first-order valence-corrected chi connectivity index (χ1v) is 24.0. The molecule has 0 heterocycles. The van der Waals surface area contributed by atoms with Crippen molar-refractivity contribution in [3.8, 4) is 0 Å². The Labute approximate surface area is 646 Å². The zero-order valence-corrected chi connectivity index (χ0v) is 72.6. The van der Waals surface area contributed by atoms with Gasteiger partial charge in [0.25, 0.3) is 0 Å². The molecule has 0 unspecified atom stereocenters. The zero-order valence-electron chi connectivity index (χ0n) is 35.6. The van der Waals surface area contributed by atoms with Gasteiger partial charge in [-0.25, -0.2) is 0 Å². The molecule has 0 spiro atoms. The third-order valence-corrected chi connectivity index (χ3v) is 0. The van der Waals surface area contributed by atoms with E-state index >= 15 is 0 Å². The molecule has 0 aromatic carbocycles. The second-order valence-corrected chi connectivity index (χ2v) is 14.7. The second kappa shape index (κ2) is 113. The first kappa shape index (κ1) is 244. The third-order valence-electron chi connectivity index (χ3n) is 0. The van der Waals surface area contributed by atoms with Crippen molar-refractivity contribution >= 4 is 125 Å². The van der Waals surface area contributed by atoms with Gasteiger partial charge in [-0.3, -0.25) is 101 Å². The SMILES string of the molecule is O=S(=O)([O-])[O-].O=S(=O)([O-])[O-].O=S(=O)([O-])[O-].O=S(=O)([O-])[O-].O=S(=O)([O-])[O-].O=S(=O)([O-])[O-].O=S(=O)([O-])[O-].O=S(=O)([O-])[O-].O=S(=O)([O-])[O-].O=S(=O)([O-])[O-].O=S(=O)([O-])[O-].O=S(=O)([O-])[O-].[NH4+].[NH4+].[NH4+].[NH4+].[O-2].[O-2].[O-2].[O-2].[O-2].[O-2].[O-2].[O-2].[Pt].[Pt].[Pt].[Pt].[Pt].[Pt].[Pt].[Pt].[Pt].[Pt].[Pt].[Pt]. The molecule has 84 heavy (non-hydrogen) atoms. The summed E-state index contributed by atoms with van der Waals surface area (Å²) in [5, 5.41) is 0. The van der Waals surface area contributed by atoms with Crippen molar-refractivity contribution in [2.24, 2.45) is 0 Å². The standard InChI is InChI=1S/4H3N.12H2O4S.8O.12Pt/c;;;;12*1-5(2,3)4;;;;;;;;;;;;;;;;;;;;/h4*1H3;12*(H2,1,2,3,4);;;;;;;;;;;;;;;;;;;;/q;;;;;;;;;;;;;;;;8*-2;;;;;;;;;;;;/p-20. The van der Waals surface area contributed by atoms with Gasteiger partial charge in [0, 0.05) is 378 Å². The van der Waals surface area contributed by atoms with Crippen molar-refractivity contribution in [1.82, 2.24) is 24.6 Å². The topological polar surface area (TPSA) is 1340 Å². The van der Waals surface area contributed by atoms with Crippen LogP contribution in [0.1, 0.15) is 0 Å². The van der Waals surface area contributed by atoms with Crippen LogP contribution in [-0.4, -0.2) is 210 Å². The van der Waals surface area contributed by atoms with E-state index in [0.717, 1.165) is 0 Å². The van der Waals surface area contributed by atoms with Crippen LogP contribution in [0, 0.1) is 0 Å². The summed E-state index contributed by atoms with van der Waals surface area (Å²) in [6.07, 6.45) is 0. The molecule has 0 radical (unpaired) electrons. The normalized spacial score (nSPS) is 8.29. The number of quaternary nitrogens is 4. The molecule has 0 saturated carbocycles. The Morgan fingerprint density at radius 1 is 0.107 bits per heavy atom. The molecule has 60 nitrogen and oxygen atoms in total. The van der Waals surface area contributed by atoms with Gasteiger partial charge in [-0.1, -0.05) is 0 Å². The number of hydrogen-bond acceptors (Lipinski definition) is 48. The molecule has 16 N–H and O–H groups in total. The van der Waals surface area contributed by atoms with Crippen LogP contribution >= 0.6 is 0 Å². The van der Waals surface area contributed by atoms with E-state index in [0.29, 0.717) is 0 Å². The zero-order chi connectivity index (χ0) is 54.0. The average Bonchev–Trinajstić information content (AvgIpc) is 2.48. The predicted molar refractivity (Wildman–Crippen MR) is 155 cm³/mol. The van der Waals surface area contributed by atoms with E-state index in [9.17, 15) is 0 Å². The molecule has 0 aliphatic heterocycles. The van der Waals surface area contributed by atoms with E-state index in [-0.39, 0.29) is 321 Å². The smallest absolute Gasteiger partial charge is 0.0311 e. The molecule has 0 aliphatic rings. The Morgan fingerprint density at radius 2 is 0.107 bits per heavy atom. The molecule has 0 rings (SSSR count). The predicted octanol–water partition coefficient (Wildman–Crippen LogP) is -15.5. The maximum Gasteiger partial charge on any atom is 0.0311 e. The summed E-state index contributed by atoms with van der Waals surface area (Å²) in [7, 11) is -62.0. The fraction of sp³-hybridized carbons (Fsp3) is 0. The van der Waals surface area contributed by atoms with E-state index in [1.54, 1.807) is 0 Å². The van der Waals surface area contributed by atoms with Gasteiger partial charge in [0.05, 0.1) is 0 Å². The molecule has 600 valence electrons. The molecule has 0 aromatic rings. The minimum absolute atomic E-state index is 0. The van der Waals surface area contributed by atoms with Gasteiger partial charge in [-0.15, -0.1) is 0 Å². The van der Waals surface area contributed by atoms with E-state index < -0.39 is 125 Å². The molecule has 0 atom stereocenters. The van der Waals surface area contributed by atoms with Crippen LogP contribution in [0.3, 0.4) is 0 Å². The van der Waals surface area contributed by atoms with Crippen LogP contribution in [-0.2, 0) is 421 Å². The van der Waals surface area contributed by atoms with Gasteiger partial charge in [0.1, 0.15) is 0 Å². The van der Waals surface area contributed by atoms with Crippen LogP contribution in [0.15, 0.2) is 0 Å². The largest absolute Gasteiger partial charge is 2.00 e. The van der Waals surface area contributed by atoms with Gasteiger partial charge in [0.2, 0.25) is 0 Å². The minimum Gasteiger partial charge on any atom is -2.00 e. The average molecular weight is 3690 g/mol. The summed E-state index contributed by atoms with van der Waals surface area (Å²) in [5.41, 5.74) is 0. The Kier molecular flexibility index (Phi) is 330. The molecular formula is H16N4O56Pt12S12-36. The van der Waals surface area contributed by atoms with Crippen molar-refractivity contribution in [2.45, 2.75) is 0 Å². The van der Waals surface area contributed by atoms with Crippen molar-refractivity contribution in [3.63, 3.8) is 0 Å². The molecule has 0 fully saturated rings. The van der Waals surface area contributed by atoms with E-state index in [2.05, 4.69) is 0 Å². The summed E-state index contributed by atoms with van der Waals surface area (Å²) < 4.78 is 409. The van der Waals surface area contributed by atoms with Crippen molar-refractivity contribution in [3.05, 3.63) is 0 Å². The van der Waals surface area contributed by atoms with Crippen molar-refractivity contribution in [1.29, 1.82) is 0 Å². The molecule has 84 heteroatoms. The molecular weight excluding hydrogens is 3680 g/mol. The molecule has 0 bridgehead atoms.